The van der Waals surface area contributed by atoms with Gasteiger partial charge in [-0.1, -0.05) is 6.07 Å². The van der Waals surface area contributed by atoms with E-state index in [-0.39, 0.29) is 31.4 Å². The van der Waals surface area contributed by atoms with Gasteiger partial charge in [0.05, 0.1) is 31.7 Å². The molecular weight excluding hydrogens is 506 g/mol. The highest BCUT2D eigenvalue weighted by molar-refractivity contribution is 5.95. The fourth-order valence-corrected chi connectivity index (χ4v) is 4.18. The topological polar surface area (TPSA) is 151 Å². The van der Waals surface area contributed by atoms with Crippen molar-refractivity contribution in [1.82, 2.24) is 9.58 Å². The fourth-order valence-electron chi connectivity index (χ4n) is 4.18. The molecule has 2 aliphatic rings. The Kier molecular flexibility index (Phi) is 8.20. The lowest BCUT2D eigenvalue weighted by molar-refractivity contribution is -0.0385. The molecule has 5 rings (SSSR count). The number of rotatable bonds is 6. The van der Waals surface area contributed by atoms with Crippen LogP contribution in [0.25, 0.3) is 0 Å². The summed E-state index contributed by atoms with van der Waals surface area (Å²) in [6.07, 6.45) is 4.07. The Morgan fingerprint density at radius 2 is 1.97 bits per heavy atom. The van der Waals surface area contributed by atoms with E-state index in [0.717, 1.165) is 31.2 Å². The molecule has 13 heteroatoms. The number of carbonyl (C=O) groups is 2. The summed E-state index contributed by atoms with van der Waals surface area (Å²) < 4.78 is 36.6. The molecule has 202 valence electrons. The van der Waals surface area contributed by atoms with Crippen molar-refractivity contribution in [3.63, 3.8) is 0 Å². The van der Waals surface area contributed by atoms with Crippen molar-refractivity contribution < 1.29 is 37.7 Å². The molecule has 4 heterocycles. The van der Waals surface area contributed by atoms with E-state index in [1.54, 1.807) is 6.07 Å². The summed E-state index contributed by atoms with van der Waals surface area (Å²) in [5.74, 6) is -3.13. The second kappa shape index (κ2) is 11.5. The normalized spacial score (nSPS) is 18.7. The number of hydrogen-bond donors (Lipinski definition) is 3. The van der Waals surface area contributed by atoms with Gasteiger partial charge in [0.1, 0.15) is 22.9 Å². The number of nitrogens with two attached hydrogens (primary N) is 1. The molecule has 0 aliphatic carbocycles. The van der Waals surface area contributed by atoms with Crippen molar-refractivity contribution in [2.75, 3.05) is 18.2 Å². The van der Waals surface area contributed by atoms with E-state index in [2.05, 4.69) is 0 Å². The number of carboxylic acids is 1. The number of benzene rings is 1. The van der Waals surface area contributed by atoms with Gasteiger partial charge < -0.3 is 25.1 Å². The molecule has 4 N–H and O–H groups in total. The molecule has 3 aromatic rings. The molecule has 1 aromatic carbocycles. The van der Waals surface area contributed by atoms with Crippen molar-refractivity contribution in [3.05, 3.63) is 93.3 Å². The molecule has 0 spiro atoms. The first kappa shape index (κ1) is 27.0. The molecule has 1 amide bonds. The summed E-state index contributed by atoms with van der Waals surface area (Å²) in [5.41, 5.74) is 4.88. The molecule has 0 radical (unpaired) electrons. The fraction of sp³-hybridized carbons (Fsp3) is 0.320. The van der Waals surface area contributed by atoms with Crippen molar-refractivity contribution in [2.45, 2.75) is 38.4 Å². The van der Waals surface area contributed by atoms with Gasteiger partial charge in [-0.15, -0.1) is 0 Å². The molecule has 0 saturated carbocycles. The van der Waals surface area contributed by atoms with Gasteiger partial charge in [0.25, 0.3) is 5.91 Å². The number of aromatic carboxylic acids is 1. The van der Waals surface area contributed by atoms with Crippen LogP contribution in [0.2, 0.25) is 0 Å². The predicted octanol–water partition coefficient (Wildman–Crippen LogP) is 1.61. The van der Waals surface area contributed by atoms with Crippen molar-refractivity contribution in [3.8, 4) is 0 Å². The zero-order valence-corrected chi connectivity index (χ0v) is 20.1. The van der Waals surface area contributed by atoms with Crippen LogP contribution in [0, 0.1) is 11.6 Å². The Hall–Kier alpha value is -4.07. The van der Waals surface area contributed by atoms with E-state index >= 15 is 0 Å². The Bertz CT molecular complexity index is 1360. The molecule has 1 saturated heterocycles. The molecule has 1 unspecified atom stereocenters. The standard InChI is InChI=1S/C18H19N3O7.C7H7F2N/c22-15-6-14-16(23)19(8-12-2-1-4-28-12)18(26)21(7-11-3-5-27-10-11)20(14)9-13(15)17(24)25;8-6-2-1-5(4-10)7(9)3-6/h3,5-6,9-10,12,18,26H,1-2,4,7-8H2,(H,24,25);1-3H,4,10H2/t12-,18?;/m0./s1. The molecule has 2 atom stereocenters. The zero-order chi connectivity index (χ0) is 27.4. The van der Waals surface area contributed by atoms with E-state index in [9.17, 15) is 33.4 Å². The average Bonchev–Trinajstić information content (AvgIpc) is 3.59. The van der Waals surface area contributed by atoms with Gasteiger partial charge in [0.15, 0.2) is 5.43 Å². The van der Waals surface area contributed by atoms with Gasteiger partial charge in [0, 0.05) is 42.6 Å². The van der Waals surface area contributed by atoms with Crippen LogP contribution >= 0.6 is 0 Å². The van der Waals surface area contributed by atoms with Gasteiger partial charge in [-0.05, 0) is 25.0 Å². The first-order valence-corrected chi connectivity index (χ1v) is 11.7. The van der Waals surface area contributed by atoms with E-state index in [4.69, 9.17) is 14.9 Å². The maximum atomic E-state index is 13.0. The minimum Gasteiger partial charge on any atom is -0.477 e. The number of fused-ring (bicyclic) bond motifs is 1. The minimum atomic E-state index is -1.41. The number of aromatic nitrogens is 1. The van der Waals surface area contributed by atoms with Crippen LogP contribution in [0.4, 0.5) is 8.78 Å². The highest BCUT2D eigenvalue weighted by atomic mass is 19.1. The van der Waals surface area contributed by atoms with Crippen LogP contribution < -0.4 is 16.2 Å². The van der Waals surface area contributed by atoms with E-state index < -0.39 is 40.9 Å². The quantitative estimate of drug-likeness (QED) is 0.430. The van der Waals surface area contributed by atoms with E-state index in [1.807, 2.05) is 0 Å². The Morgan fingerprint density at radius 1 is 1.18 bits per heavy atom. The van der Waals surface area contributed by atoms with Crippen LogP contribution in [0.5, 0.6) is 0 Å². The SMILES string of the molecule is NCc1ccc(F)cc1F.O=C(O)c1cn2c(cc1=O)C(=O)N(C[C@@H]1CCCO1)C(O)N2Cc1ccoc1. The number of aliphatic hydroxyl groups excluding tert-OH is 1. The van der Waals surface area contributed by atoms with Crippen molar-refractivity contribution in [2.24, 2.45) is 5.73 Å². The summed E-state index contributed by atoms with van der Waals surface area (Å²) in [5, 5.41) is 21.6. The smallest absolute Gasteiger partial charge is 0.341 e. The summed E-state index contributed by atoms with van der Waals surface area (Å²) in [6, 6.07) is 6.02. The summed E-state index contributed by atoms with van der Waals surface area (Å²) in [6.45, 7) is 0.990. The third-order valence-electron chi connectivity index (χ3n) is 6.15. The second-order valence-electron chi connectivity index (χ2n) is 8.69. The van der Waals surface area contributed by atoms with Gasteiger partial charge in [0.2, 0.25) is 6.35 Å². The molecule has 38 heavy (non-hydrogen) atoms. The van der Waals surface area contributed by atoms with Crippen molar-refractivity contribution >= 4 is 11.9 Å². The highest BCUT2D eigenvalue weighted by Gasteiger charge is 2.39. The third kappa shape index (κ3) is 5.74. The van der Waals surface area contributed by atoms with Crippen molar-refractivity contribution in [1.29, 1.82) is 0 Å². The van der Waals surface area contributed by atoms with Gasteiger partial charge >= 0.3 is 5.97 Å². The molecular formula is C25H26F2N4O7. The molecule has 1 fully saturated rings. The predicted molar refractivity (Wildman–Crippen MR) is 129 cm³/mol. The Balaban J connectivity index is 0.000000283. The number of ether oxygens (including phenoxy) is 1. The number of carbonyl (C=O) groups excluding carboxylic acids is 1. The average molecular weight is 533 g/mol. The van der Waals surface area contributed by atoms with Crippen LogP contribution in [0.15, 0.2) is 58.3 Å². The number of pyridine rings is 1. The largest absolute Gasteiger partial charge is 0.477 e. The Labute approximate surface area is 215 Å². The first-order chi connectivity index (χ1) is 18.2. The molecule has 0 bridgehead atoms. The maximum Gasteiger partial charge on any atom is 0.341 e. The monoisotopic (exact) mass is 532 g/mol. The first-order valence-electron chi connectivity index (χ1n) is 11.7. The Morgan fingerprint density at radius 3 is 2.58 bits per heavy atom. The molecule has 2 aromatic heterocycles. The van der Waals surface area contributed by atoms with Gasteiger partial charge in [-0.25, -0.2) is 13.6 Å². The van der Waals surface area contributed by atoms with E-state index in [1.165, 1.54) is 39.2 Å². The van der Waals surface area contributed by atoms with Crippen LogP contribution in [-0.2, 0) is 17.8 Å². The van der Waals surface area contributed by atoms with Gasteiger partial charge in [-0.2, -0.15) is 0 Å². The second-order valence-corrected chi connectivity index (χ2v) is 8.69. The summed E-state index contributed by atoms with van der Waals surface area (Å²) in [7, 11) is 0. The third-order valence-corrected chi connectivity index (χ3v) is 6.15. The van der Waals surface area contributed by atoms with E-state index in [0.29, 0.717) is 17.7 Å². The number of furan rings is 1. The minimum absolute atomic E-state index is 0.0261. The number of nitrogens with zero attached hydrogens (tertiary/aromatic N) is 3. The number of halogens is 2. The highest BCUT2D eigenvalue weighted by Crippen LogP contribution is 2.23. The molecule has 11 nitrogen and oxygen atoms in total. The number of carboxylic acid groups (broad SMARTS) is 1. The summed E-state index contributed by atoms with van der Waals surface area (Å²) >= 11 is 0. The summed E-state index contributed by atoms with van der Waals surface area (Å²) in [4.78, 5) is 37.7. The van der Waals surface area contributed by atoms with Gasteiger partial charge in [-0.3, -0.25) is 24.2 Å². The zero-order valence-electron chi connectivity index (χ0n) is 20.1. The lowest BCUT2D eigenvalue weighted by Gasteiger charge is -2.44. The lowest BCUT2D eigenvalue weighted by atomic mass is 10.1. The molecule has 2 aliphatic heterocycles. The number of hydrogen-bond acceptors (Lipinski definition) is 8. The lowest BCUT2D eigenvalue weighted by Crippen LogP contribution is -2.62. The number of aliphatic hydroxyl groups is 1. The van der Waals surface area contributed by atoms with Crippen LogP contribution in [0.3, 0.4) is 0 Å². The maximum absolute atomic E-state index is 13.0. The van der Waals surface area contributed by atoms with Crippen LogP contribution in [-0.4, -0.2) is 57.3 Å². The van der Waals surface area contributed by atoms with Crippen LogP contribution in [0.1, 0.15) is 44.8 Å². The number of amides is 1.